The van der Waals surface area contributed by atoms with Crippen LogP contribution in [0.1, 0.15) is 33.6 Å². The minimum atomic E-state index is -0.548. The van der Waals surface area contributed by atoms with Crippen LogP contribution in [0.3, 0.4) is 0 Å². The molecular weight excluding hydrogens is 282 g/mol. The first-order valence-corrected chi connectivity index (χ1v) is 7.00. The standard InChI is InChI=1S/C14H24ClNO4/c1-14(2,3)20-13(18)16(4)10-11(7-6-8-15)9-12(17)19-5/h9H,6-8,10H2,1-5H3/b11-9+. The number of alkyl halides is 1. The molecule has 0 aromatic rings. The molecule has 116 valence electrons. The number of amides is 1. The average molecular weight is 306 g/mol. The van der Waals surface area contributed by atoms with Crippen LogP contribution in [-0.2, 0) is 14.3 Å². The molecule has 0 aromatic carbocycles. The van der Waals surface area contributed by atoms with Gasteiger partial charge in [0.05, 0.1) is 7.11 Å². The number of likely N-dealkylation sites (N-methyl/N-ethyl adjacent to an activating group) is 1. The molecule has 0 rings (SSSR count). The molecule has 0 saturated heterocycles. The number of hydrogen-bond acceptors (Lipinski definition) is 4. The lowest BCUT2D eigenvalue weighted by molar-refractivity contribution is -0.134. The summed E-state index contributed by atoms with van der Waals surface area (Å²) in [4.78, 5) is 24.6. The Morgan fingerprint density at radius 1 is 1.30 bits per heavy atom. The first-order chi connectivity index (χ1) is 9.19. The lowest BCUT2D eigenvalue weighted by Crippen LogP contribution is -2.35. The smallest absolute Gasteiger partial charge is 0.410 e. The molecule has 0 radical (unpaired) electrons. The van der Waals surface area contributed by atoms with Gasteiger partial charge in [-0.15, -0.1) is 11.6 Å². The number of carbonyl (C=O) groups is 2. The summed E-state index contributed by atoms with van der Waals surface area (Å²) < 4.78 is 9.85. The van der Waals surface area contributed by atoms with E-state index in [0.29, 0.717) is 18.8 Å². The summed E-state index contributed by atoms with van der Waals surface area (Å²) >= 11 is 5.65. The number of nitrogens with zero attached hydrogens (tertiary/aromatic N) is 1. The monoisotopic (exact) mass is 305 g/mol. The zero-order chi connectivity index (χ0) is 15.8. The van der Waals surface area contributed by atoms with Crippen molar-refractivity contribution in [1.29, 1.82) is 0 Å². The molecule has 1 amide bonds. The predicted molar refractivity (Wildman–Crippen MR) is 78.9 cm³/mol. The van der Waals surface area contributed by atoms with E-state index in [1.165, 1.54) is 18.1 Å². The van der Waals surface area contributed by atoms with Crippen molar-refractivity contribution < 1.29 is 19.1 Å². The molecule has 0 bridgehead atoms. The van der Waals surface area contributed by atoms with E-state index in [1.807, 2.05) is 0 Å². The number of carbonyl (C=O) groups excluding carboxylic acids is 2. The molecule has 0 heterocycles. The van der Waals surface area contributed by atoms with Crippen molar-refractivity contribution in [3.05, 3.63) is 11.6 Å². The second-order valence-electron chi connectivity index (χ2n) is 5.45. The fraction of sp³-hybridized carbons (Fsp3) is 0.714. The van der Waals surface area contributed by atoms with Gasteiger partial charge in [0, 0.05) is 25.5 Å². The van der Waals surface area contributed by atoms with Crippen LogP contribution in [-0.4, -0.2) is 49.1 Å². The minimum Gasteiger partial charge on any atom is -0.466 e. The lowest BCUT2D eigenvalue weighted by Gasteiger charge is -2.25. The average Bonchev–Trinajstić information content (AvgIpc) is 2.33. The molecule has 0 aromatic heterocycles. The maximum atomic E-state index is 11.9. The van der Waals surface area contributed by atoms with Crippen molar-refractivity contribution in [1.82, 2.24) is 4.90 Å². The highest BCUT2D eigenvalue weighted by atomic mass is 35.5. The third-order valence-electron chi connectivity index (χ3n) is 2.30. The molecule has 20 heavy (non-hydrogen) atoms. The Morgan fingerprint density at radius 3 is 2.35 bits per heavy atom. The van der Waals surface area contributed by atoms with Gasteiger partial charge in [-0.25, -0.2) is 9.59 Å². The van der Waals surface area contributed by atoms with Gasteiger partial charge < -0.3 is 14.4 Å². The van der Waals surface area contributed by atoms with Crippen LogP contribution >= 0.6 is 11.6 Å². The number of methoxy groups -OCH3 is 1. The van der Waals surface area contributed by atoms with Crippen LogP contribution in [0.15, 0.2) is 11.6 Å². The molecule has 6 heteroatoms. The van der Waals surface area contributed by atoms with Crippen molar-refractivity contribution in [3.63, 3.8) is 0 Å². The third kappa shape index (κ3) is 8.80. The Labute approximate surface area is 125 Å². The van der Waals surface area contributed by atoms with Crippen LogP contribution in [0.25, 0.3) is 0 Å². The lowest BCUT2D eigenvalue weighted by atomic mass is 10.1. The highest BCUT2D eigenvalue weighted by Gasteiger charge is 2.20. The summed E-state index contributed by atoms with van der Waals surface area (Å²) in [5, 5.41) is 0. The van der Waals surface area contributed by atoms with Gasteiger partial charge in [0.25, 0.3) is 0 Å². The summed E-state index contributed by atoms with van der Waals surface area (Å²) in [5.41, 5.74) is 0.235. The van der Waals surface area contributed by atoms with Gasteiger partial charge >= 0.3 is 12.1 Å². The molecular formula is C14H24ClNO4. The molecule has 5 nitrogen and oxygen atoms in total. The molecule has 0 aliphatic carbocycles. The minimum absolute atomic E-state index is 0.306. The Morgan fingerprint density at radius 2 is 1.90 bits per heavy atom. The Bertz CT molecular complexity index is 361. The van der Waals surface area contributed by atoms with Crippen LogP contribution in [0.5, 0.6) is 0 Å². The van der Waals surface area contributed by atoms with Crippen molar-refractivity contribution in [2.45, 2.75) is 39.2 Å². The van der Waals surface area contributed by atoms with Gasteiger partial charge in [0.1, 0.15) is 5.60 Å². The fourth-order valence-electron chi connectivity index (χ4n) is 1.43. The summed E-state index contributed by atoms with van der Waals surface area (Å²) in [7, 11) is 2.94. The molecule has 0 aliphatic rings. The second kappa shape index (κ2) is 8.84. The second-order valence-corrected chi connectivity index (χ2v) is 5.83. The molecule has 0 saturated carbocycles. The molecule has 0 fully saturated rings. The van der Waals surface area contributed by atoms with E-state index < -0.39 is 17.7 Å². The van der Waals surface area contributed by atoms with Crippen molar-refractivity contribution >= 4 is 23.7 Å². The first kappa shape index (κ1) is 18.8. The highest BCUT2D eigenvalue weighted by Crippen LogP contribution is 2.12. The topological polar surface area (TPSA) is 55.8 Å². The zero-order valence-corrected chi connectivity index (χ0v) is 13.6. The Hall–Kier alpha value is -1.23. The number of halogens is 1. The van der Waals surface area contributed by atoms with Crippen molar-refractivity contribution in [2.75, 3.05) is 26.6 Å². The molecule has 0 spiro atoms. The molecule has 0 aliphatic heterocycles. The number of esters is 1. The number of ether oxygens (including phenoxy) is 2. The Balaban J connectivity index is 4.67. The molecule has 0 atom stereocenters. The maximum absolute atomic E-state index is 11.9. The summed E-state index contributed by atoms with van der Waals surface area (Å²) in [6.45, 7) is 5.72. The van der Waals surface area contributed by atoms with Gasteiger partial charge in [0.2, 0.25) is 0 Å². The van der Waals surface area contributed by atoms with E-state index in [2.05, 4.69) is 4.74 Å². The van der Waals surface area contributed by atoms with E-state index in [4.69, 9.17) is 16.3 Å². The van der Waals surface area contributed by atoms with Gasteiger partial charge in [0.15, 0.2) is 0 Å². The normalized spacial score (nSPS) is 12.0. The quantitative estimate of drug-likeness (QED) is 0.430. The van der Waals surface area contributed by atoms with Gasteiger partial charge in [-0.3, -0.25) is 0 Å². The van der Waals surface area contributed by atoms with Gasteiger partial charge in [-0.2, -0.15) is 0 Å². The summed E-state index contributed by atoms with van der Waals surface area (Å²) in [6.07, 6.45) is 2.32. The molecule has 0 unspecified atom stereocenters. The highest BCUT2D eigenvalue weighted by molar-refractivity contribution is 6.17. The Kier molecular flexibility index (Phi) is 8.30. The van der Waals surface area contributed by atoms with Crippen molar-refractivity contribution in [3.8, 4) is 0 Å². The SMILES string of the molecule is COC(=O)/C=C(\CCCCl)CN(C)C(=O)OC(C)(C)C. The van der Waals surface area contributed by atoms with E-state index in [9.17, 15) is 9.59 Å². The molecule has 0 N–H and O–H groups in total. The van der Waals surface area contributed by atoms with Crippen LogP contribution in [0.4, 0.5) is 4.79 Å². The largest absolute Gasteiger partial charge is 0.466 e. The van der Waals surface area contributed by atoms with E-state index >= 15 is 0 Å². The van der Waals surface area contributed by atoms with Crippen LogP contribution in [0, 0.1) is 0 Å². The first-order valence-electron chi connectivity index (χ1n) is 6.47. The predicted octanol–water partition coefficient (Wildman–Crippen LogP) is 2.97. The van der Waals surface area contributed by atoms with Gasteiger partial charge in [-0.1, -0.05) is 0 Å². The fourth-order valence-corrected chi connectivity index (χ4v) is 1.56. The van der Waals surface area contributed by atoms with Gasteiger partial charge in [-0.05, 0) is 39.2 Å². The van der Waals surface area contributed by atoms with Crippen molar-refractivity contribution in [2.24, 2.45) is 0 Å². The zero-order valence-electron chi connectivity index (χ0n) is 12.9. The summed E-state index contributed by atoms with van der Waals surface area (Å²) in [6, 6.07) is 0. The van der Waals surface area contributed by atoms with E-state index in [-0.39, 0.29) is 0 Å². The van der Waals surface area contributed by atoms with E-state index in [0.717, 1.165) is 12.0 Å². The third-order valence-corrected chi connectivity index (χ3v) is 2.57. The van der Waals surface area contributed by atoms with Crippen LogP contribution in [0.2, 0.25) is 0 Å². The number of rotatable bonds is 6. The van der Waals surface area contributed by atoms with E-state index in [1.54, 1.807) is 27.8 Å². The maximum Gasteiger partial charge on any atom is 0.410 e. The van der Waals surface area contributed by atoms with Crippen LogP contribution < -0.4 is 0 Å². The number of hydrogen-bond donors (Lipinski definition) is 0. The summed E-state index contributed by atoms with van der Waals surface area (Å²) in [5.74, 6) is 0.0569.